The van der Waals surface area contributed by atoms with E-state index in [0.717, 1.165) is 35.5 Å². The summed E-state index contributed by atoms with van der Waals surface area (Å²) in [6.07, 6.45) is 4.19. The summed E-state index contributed by atoms with van der Waals surface area (Å²) in [5.41, 5.74) is 3.32. The van der Waals surface area contributed by atoms with Gasteiger partial charge in [-0.25, -0.2) is 4.98 Å². The van der Waals surface area contributed by atoms with E-state index >= 15 is 0 Å². The number of nitrogens with zero attached hydrogens (tertiary/aromatic N) is 4. The molecule has 1 unspecified atom stereocenters. The van der Waals surface area contributed by atoms with E-state index in [0.29, 0.717) is 25.9 Å². The van der Waals surface area contributed by atoms with E-state index in [1.54, 1.807) is 32.4 Å². The Labute approximate surface area is 387 Å². The smallest absolute Gasteiger partial charge is 0.245 e. The molecule has 2 heterocycles. The fourth-order valence-electron chi connectivity index (χ4n) is 9.33. The second-order valence-electron chi connectivity index (χ2n) is 18.3. The predicted molar refractivity (Wildman–Crippen MR) is 257 cm³/mol. The van der Waals surface area contributed by atoms with Crippen LogP contribution in [0.3, 0.4) is 0 Å². The van der Waals surface area contributed by atoms with Crippen LogP contribution in [0, 0.1) is 23.7 Å². The maximum absolute atomic E-state index is 14.6. The van der Waals surface area contributed by atoms with Crippen LogP contribution in [0.4, 0.5) is 5.69 Å². The Balaban J connectivity index is 1.46. The number of thiazole rings is 1. The van der Waals surface area contributed by atoms with Gasteiger partial charge in [0.25, 0.3) is 0 Å². The van der Waals surface area contributed by atoms with Gasteiger partial charge in [0.05, 0.1) is 48.7 Å². The summed E-state index contributed by atoms with van der Waals surface area (Å²) in [5, 5.41) is 12.3. The normalized spacial score (nSPS) is 17.9. The van der Waals surface area contributed by atoms with E-state index in [4.69, 9.17) is 9.47 Å². The molecule has 1 saturated heterocycles. The number of hydrogen-bond acceptors (Lipinski definition) is 10. The maximum atomic E-state index is 14.6. The number of methoxy groups -OCH3 is 2. The zero-order chi connectivity index (χ0) is 47.1. The lowest BCUT2D eigenvalue weighted by molar-refractivity contribution is -0.148. The Morgan fingerprint density at radius 1 is 0.891 bits per heavy atom. The fourth-order valence-corrected chi connectivity index (χ4v) is 10.0. The highest BCUT2D eigenvalue weighted by Crippen LogP contribution is 2.31. The Morgan fingerprint density at radius 3 is 2.14 bits per heavy atom. The minimum absolute atomic E-state index is 0.00127. The highest BCUT2D eigenvalue weighted by atomic mass is 32.1. The molecule has 0 radical (unpaired) electrons. The zero-order valence-electron chi connectivity index (χ0n) is 40.5. The number of likely N-dealkylation sites (tertiary alicyclic amines) is 1. The minimum atomic E-state index is -0.790. The monoisotopic (exact) mass is 904 g/mol. The molecule has 14 heteroatoms. The number of rotatable bonds is 25. The Hall–Kier alpha value is -4.37. The number of hydrogen-bond donors (Lipinski definition) is 3. The Bertz CT molecular complexity index is 1880. The summed E-state index contributed by atoms with van der Waals surface area (Å²) in [6.45, 7) is 15.1. The number of benzene rings is 2. The number of aromatic nitrogens is 1. The second-order valence-corrected chi connectivity index (χ2v) is 19.2. The van der Waals surface area contributed by atoms with Gasteiger partial charge in [-0.05, 0) is 73.7 Å². The summed E-state index contributed by atoms with van der Waals surface area (Å²) in [6, 6.07) is 16.0. The van der Waals surface area contributed by atoms with Crippen LogP contribution in [0.25, 0.3) is 0 Å². The van der Waals surface area contributed by atoms with E-state index < -0.39 is 36.3 Å². The van der Waals surface area contributed by atoms with E-state index in [9.17, 15) is 19.2 Å². The molecular formula is C50H77N7O6S. The molecule has 9 atom stereocenters. The van der Waals surface area contributed by atoms with Crippen LogP contribution in [-0.2, 0) is 41.5 Å². The van der Waals surface area contributed by atoms with Crippen molar-refractivity contribution in [2.24, 2.45) is 23.7 Å². The third-order valence-corrected chi connectivity index (χ3v) is 14.1. The first-order chi connectivity index (χ1) is 30.6. The highest BCUT2D eigenvalue weighted by molar-refractivity contribution is 7.09. The molecule has 64 heavy (non-hydrogen) atoms. The maximum Gasteiger partial charge on any atom is 0.245 e. The SMILES string of the molecule is CC[C@H](C)[C@@H]([C@@H](CC(=O)N1CCC[C@H]1[C@H](OC)[C@@H](C)C(=O)N[C@@H](Cc1ccccc1)c1nccs1)OC)N(C)C(=O)C(NC(=O)[C@H](C(C)C)N(C)CCc1ccc(NC)cc1)C(C)C. The lowest BCUT2D eigenvalue weighted by Crippen LogP contribution is -2.60. The molecule has 0 bridgehead atoms. The topological polar surface area (TPSA) is 145 Å². The average Bonchev–Trinajstić information content (AvgIpc) is 4.01. The molecule has 4 amide bonds. The van der Waals surface area contributed by atoms with Gasteiger partial charge >= 0.3 is 0 Å². The molecule has 0 saturated carbocycles. The third kappa shape index (κ3) is 13.8. The standard InChI is InChI=1S/C50H77N7O6S/c1-13-34(6)45(56(10)50(61)43(32(2)3)54-48(60)44(33(4)5)55(9)28-25-36-21-23-38(51-8)24-22-36)41(62-11)31-42(58)57-27-17-20-40(57)46(63-12)35(7)47(59)53-39(49-52-26-29-64-49)30-37-18-15-14-16-19-37/h14-16,18-19,21-24,26,29,32-35,39-41,43-46,51H,13,17,20,25,27-28,30-31H2,1-12H3,(H,53,59)(H,54,60)/t34-,35+,39-,40-,41+,43?,44-,45-,46+/m0/s1. The van der Waals surface area contributed by atoms with Gasteiger partial charge in [-0.3, -0.25) is 24.1 Å². The van der Waals surface area contributed by atoms with Crippen LogP contribution in [0.15, 0.2) is 66.2 Å². The van der Waals surface area contributed by atoms with Crippen molar-refractivity contribution in [2.75, 3.05) is 53.8 Å². The molecule has 1 aromatic heterocycles. The lowest BCUT2D eigenvalue weighted by atomic mass is 9.89. The Kier molecular flexibility index (Phi) is 20.7. The van der Waals surface area contributed by atoms with Gasteiger partial charge in [0.2, 0.25) is 23.6 Å². The minimum Gasteiger partial charge on any atom is -0.388 e. The van der Waals surface area contributed by atoms with Crippen molar-refractivity contribution in [1.82, 2.24) is 30.3 Å². The van der Waals surface area contributed by atoms with Crippen LogP contribution in [0.1, 0.15) is 96.3 Å². The van der Waals surface area contributed by atoms with Crippen molar-refractivity contribution in [3.8, 4) is 0 Å². The number of nitrogens with one attached hydrogen (secondary N) is 3. The molecule has 0 aliphatic carbocycles. The highest BCUT2D eigenvalue weighted by Gasteiger charge is 2.43. The number of likely N-dealkylation sites (N-methyl/N-ethyl adjacent to an activating group) is 2. The van der Waals surface area contributed by atoms with Crippen LogP contribution in [0.5, 0.6) is 0 Å². The second kappa shape index (κ2) is 25.4. The van der Waals surface area contributed by atoms with E-state index in [2.05, 4.69) is 51.8 Å². The van der Waals surface area contributed by atoms with Crippen molar-refractivity contribution in [3.63, 3.8) is 0 Å². The van der Waals surface area contributed by atoms with Crippen molar-refractivity contribution < 1.29 is 28.7 Å². The average molecular weight is 904 g/mol. The first-order valence-corrected chi connectivity index (χ1v) is 24.1. The number of ether oxygens (including phenoxy) is 2. The van der Waals surface area contributed by atoms with Crippen molar-refractivity contribution in [3.05, 3.63) is 82.3 Å². The molecule has 3 aromatic rings. The molecule has 1 aliphatic heterocycles. The van der Waals surface area contributed by atoms with E-state index in [-0.39, 0.29) is 59.9 Å². The Morgan fingerprint density at radius 2 is 1.58 bits per heavy atom. The predicted octanol–water partition coefficient (Wildman–Crippen LogP) is 6.85. The number of carbonyl (C=O) groups excluding carboxylic acids is 4. The largest absolute Gasteiger partial charge is 0.388 e. The van der Waals surface area contributed by atoms with Crippen LogP contribution in [-0.4, -0.2) is 128 Å². The summed E-state index contributed by atoms with van der Waals surface area (Å²) >= 11 is 1.51. The first kappa shape index (κ1) is 52.3. The summed E-state index contributed by atoms with van der Waals surface area (Å²) in [7, 11) is 8.81. The van der Waals surface area contributed by atoms with Crippen molar-refractivity contribution in [2.45, 2.75) is 129 Å². The molecule has 13 nitrogen and oxygen atoms in total. The fraction of sp³-hybridized carbons (Fsp3) is 0.620. The first-order valence-electron chi connectivity index (χ1n) is 23.2. The van der Waals surface area contributed by atoms with Gasteiger partial charge in [-0.1, -0.05) is 97.4 Å². The molecule has 2 aromatic carbocycles. The van der Waals surface area contributed by atoms with Gasteiger partial charge < -0.3 is 35.2 Å². The third-order valence-electron chi connectivity index (χ3n) is 13.2. The van der Waals surface area contributed by atoms with E-state index in [1.165, 1.54) is 16.9 Å². The van der Waals surface area contributed by atoms with Gasteiger partial charge in [-0.2, -0.15) is 0 Å². The molecule has 0 spiro atoms. The summed E-state index contributed by atoms with van der Waals surface area (Å²) < 4.78 is 12.2. The molecule has 1 fully saturated rings. The number of amides is 4. The lowest BCUT2D eigenvalue weighted by Gasteiger charge is -2.41. The van der Waals surface area contributed by atoms with Gasteiger partial charge in [-0.15, -0.1) is 11.3 Å². The van der Waals surface area contributed by atoms with Crippen LogP contribution in [0.2, 0.25) is 0 Å². The number of anilines is 1. The van der Waals surface area contributed by atoms with Crippen molar-refractivity contribution in [1.29, 1.82) is 0 Å². The molecular weight excluding hydrogens is 827 g/mol. The van der Waals surface area contributed by atoms with Gasteiger partial charge in [0.15, 0.2) is 0 Å². The van der Waals surface area contributed by atoms with E-state index in [1.807, 2.05) is 101 Å². The van der Waals surface area contributed by atoms with Crippen LogP contribution >= 0.6 is 11.3 Å². The van der Waals surface area contributed by atoms with Crippen molar-refractivity contribution >= 4 is 40.7 Å². The summed E-state index contributed by atoms with van der Waals surface area (Å²) in [5.74, 6) is -1.48. The van der Waals surface area contributed by atoms with Gasteiger partial charge in [0, 0.05) is 58.7 Å². The van der Waals surface area contributed by atoms with Crippen LogP contribution < -0.4 is 16.0 Å². The quantitative estimate of drug-likeness (QED) is 0.0833. The number of carbonyl (C=O) groups is 4. The zero-order valence-corrected chi connectivity index (χ0v) is 41.3. The molecule has 1 aliphatic rings. The van der Waals surface area contributed by atoms with Gasteiger partial charge in [0.1, 0.15) is 11.0 Å². The molecule has 354 valence electrons. The summed E-state index contributed by atoms with van der Waals surface area (Å²) in [4.78, 5) is 67.4. The molecule has 3 N–H and O–H groups in total. The molecule has 4 rings (SSSR count).